The Balaban J connectivity index is 2.70. The highest BCUT2D eigenvalue weighted by Crippen LogP contribution is 2.30. The molecule has 2 heterocycles. The molecule has 0 radical (unpaired) electrons. The Morgan fingerprint density at radius 1 is 1.13 bits per heavy atom. The van der Waals surface area contributed by atoms with Gasteiger partial charge in [0.25, 0.3) is 0 Å². The summed E-state index contributed by atoms with van der Waals surface area (Å²) in [5, 5.41) is 2.29. The Bertz CT molecular complexity index is 652. The van der Waals surface area contributed by atoms with Crippen LogP contribution in [0.1, 0.15) is 0 Å². The third kappa shape index (κ3) is 0.973. The highest BCUT2D eigenvalue weighted by atomic mass is 14.9. The van der Waals surface area contributed by atoms with Crippen molar-refractivity contribution in [3.05, 3.63) is 36.7 Å². The van der Waals surface area contributed by atoms with Gasteiger partial charge in [0, 0.05) is 23.3 Å². The van der Waals surface area contributed by atoms with E-state index in [1.165, 1.54) is 10.9 Å². The first-order chi connectivity index (χ1) is 7.29. The number of nitrogens with two attached hydrogens (primary N) is 1. The Hall–Kier alpha value is -2.03. The maximum atomic E-state index is 5.96. The van der Waals surface area contributed by atoms with Crippen molar-refractivity contribution < 1.29 is 0 Å². The second kappa shape index (κ2) is 2.73. The molecule has 3 nitrogen and oxygen atoms in total. The van der Waals surface area contributed by atoms with Gasteiger partial charge in [-0.15, -0.1) is 0 Å². The molecule has 0 bridgehead atoms. The maximum absolute atomic E-state index is 5.96. The summed E-state index contributed by atoms with van der Waals surface area (Å²) in [4.78, 5) is 4.12. The van der Waals surface area contributed by atoms with Gasteiger partial charge in [0.2, 0.25) is 0 Å². The number of nitrogen functional groups attached to an aromatic ring is 1. The topological polar surface area (TPSA) is 43.8 Å². The van der Waals surface area contributed by atoms with Crippen LogP contribution in [-0.2, 0) is 7.05 Å². The van der Waals surface area contributed by atoms with Crippen molar-refractivity contribution >= 4 is 27.5 Å². The SMILES string of the molecule is Cn1c2ccccc2c2c(N)cncc21. The monoisotopic (exact) mass is 197 g/mol. The first-order valence-electron chi connectivity index (χ1n) is 4.85. The summed E-state index contributed by atoms with van der Waals surface area (Å²) in [6.45, 7) is 0. The van der Waals surface area contributed by atoms with Crippen LogP contribution in [0.25, 0.3) is 21.8 Å². The lowest BCUT2D eigenvalue weighted by molar-refractivity contribution is 1.01. The number of anilines is 1. The Labute approximate surface area is 87.1 Å². The van der Waals surface area contributed by atoms with Crippen molar-refractivity contribution in [1.82, 2.24) is 9.55 Å². The zero-order valence-electron chi connectivity index (χ0n) is 8.44. The van der Waals surface area contributed by atoms with Gasteiger partial charge in [-0.3, -0.25) is 4.98 Å². The number of benzene rings is 1. The van der Waals surface area contributed by atoms with Crippen molar-refractivity contribution in [1.29, 1.82) is 0 Å². The first-order valence-corrected chi connectivity index (χ1v) is 4.85. The molecule has 0 atom stereocenters. The lowest BCUT2D eigenvalue weighted by atomic mass is 10.2. The van der Waals surface area contributed by atoms with Gasteiger partial charge in [-0.05, 0) is 6.07 Å². The summed E-state index contributed by atoms with van der Waals surface area (Å²) < 4.78 is 2.12. The van der Waals surface area contributed by atoms with Crippen LogP contribution in [0.3, 0.4) is 0 Å². The fourth-order valence-corrected chi connectivity index (χ4v) is 2.12. The van der Waals surface area contributed by atoms with Gasteiger partial charge < -0.3 is 10.3 Å². The van der Waals surface area contributed by atoms with Crippen LogP contribution in [-0.4, -0.2) is 9.55 Å². The molecule has 3 heteroatoms. The second-order valence-electron chi connectivity index (χ2n) is 3.70. The number of nitrogens with zero attached hydrogens (tertiary/aromatic N) is 2. The van der Waals surface area contributed by atoms with Crippen molar-refractivity contribution in [3.8, 4) is 0 Å². The van der Waals surface area contributed by atoms with Gasteiger partial charge >= 0.3 is 0 Å². The van der Waals surface area contributed by atoms with Gasteiger partial charge in [0.05, 0.1) is 23.6 Å². The summed E-state index contributed by atoms with van der Waals surface area (Å²) >= 11 is 0. The van der Waals surface area contributed by atoms with Crippen LogP contribution >= 0.6 is 0 Å². The number of aryl methyl sites for hydroxylation is 1. The van der Waals surface area contributed by atoms with E-state index in [0.29, 0.717) is 0 Å². The van der Waals surface area contributed by atoms with E-state index in [0.717, 1.165) is 16.6 Å². The maximum Gasteiger partial charge on any atom is 0.0696 e. The van der Waals surface area contributed by atoms with E-state index in [4.69, 9.17) is 5.73 Å². The molecular weight excluding hydrogens is 186 g/mol. The predicted molar refractivity (Wildman–Crippen MR) is 62.6 cm³/mol. The molecule has 0 aliphatic rings. The number of hydrogen-bond acceptors (Lipinski definition) is 2. The third-order valence-electron chi connectivity index (χ3n) is 2.85. The Morgan fingerprint density at radius 2 is 1.93 bits per heavy atom. The van der Waals surface area contributed by atoms with Crippen molar-refractivity contribution in [2.24, 2.45) is 7.05 Å². The molecule has 0 saturated carbocycles. The van der Waals surface area contributed by atoms with E-state index < -0.39 is 0 Å². The van der Waals surface area contributed by atoms with Crippen molar-refractivity contribution in [2.75, 3.05) is 5.73 Å². The summed E-state index contributed by atoms with van der Waals surface area (Å²) in [6, 6.07) is 8.25. The fourth-order valence-electron chi connectivity index (χ4n) is 2.12. The lowest BCUT2D eigenvalue weighted by Gasteiger charge is -1.97. The minimum Gasteiger partial charge on any atom is -0.397 e. The quantitative estimate of drug-likeness (QED) is 0.601. The molecule has 0 aliphatic carbocycles. The smallest absolute Gasteiger partial charge is 0.0696 e. The minimum atomic E-state index is 0.740. The van der Waals surface area contributed by atoms with E-state index in [9.17, 15) is 0 Å². The molecule has 0 saturated heterocycles. The number of rotatable bonds is 0. The molecule has 1 aromatic carbocycles. The number of fused-ring (bicyclic) bond motifs is 3. The summed E-state index contributed by atoms with van der Waals surface area (Å²) in [7, 11) is 2.03. The summed E-state index contributed by atoms with van der Waals surface area (Å²) in [6.07, 6.45) is 3.56. The molecule has 0 amide bonds. The largest absolute Gasteiger partial charge is 0.397 e. The van der Waals surface area contributed by atoms with E-state index in [1.54, 1.807) is 6.20 Å². The molecular formula is C12H11N3. The molecule has 3 rings (SSSR count). The standard InChI is InChI=1S/C12H11N3/c1-15-10-5-3-2-4-8(10)12-9(13)6-14-7-11(12)15/h2-7H,13H2,1H3. The van der Waals surface area contributed by atoms with Crippen LogP contribution in [0.4, 0.5) is 5.69 Å². The number of aromatic nitrogens is 2. The third-order valence-corrected chi connectivity index (χ3v) is 2.85. The van der Waals surface area contributed by atoms with Crippen molar-refractivity contribution in [3.63, 3.8) is 0 Å². The number of pyridine rings is 1. The van der Waals surface area contributed by atoms with E-state index in [-0.39, 0.29) is 0 Å². The zero-order chi connectivity index (χ0) is 10.4. The molecule has 0 unspecified atom stereocenters. The normalized spacial score (nSPS) is 11.3. The highest BCUT2D eigenvalue weighted by Gasteiger charge is 2.09. The van der Waals surface area contributed by atoms with Gasteiger partial charge in [-0.25, -0.2) is 0 Å². The van der Waals surface area contributed by atoms with Crippen LogP contribution in [0.2, 0.25) is 0 Å². The van der Waals surface area contributed by atoms with Crippen LogP contribution in [0.5, 0.6) is 0 Å². The highest BCUT2D eigenvalue weighted by molar-refractivity contribution is 6.12. The van der Waals surface area contributed by atoms with Crippen LogP contribution < -0.4 is 5.73 Å². The predicted octanol–water partition coefficient (Wildman–Crippen LogP) is 2.31. The van der Waals surface area contributed by atoms with E-state index in [2.05, 4.69) is 21.7 Å². The summed E-state index contributed by atoms with van der Waals surface area (Å²) in [5.74, 6) is 0. The van der Waals surface area contributed by atoms with Gasteiger partial charge in [-0.2, -0.15) is 0 Å². The summed E-state index contributed by atoms with van der Waals surface area (Å²) in [5.41, 5.74) is 8.97. The van der Waals surface area contributed by atoms with Crippen LogP contribution in [0.15, 0.2) is 36.7 Å². The van der Waals surface area contributed by atoms with E-state index >= 15 is 0 Å². The van der Waals surface area contributed by atoms with Gasteiger partial charge in [0.15, 0.2) is 0 Å². The average molecular weight is 197 g/mol. The molecule has 0 aliphatic heterocycles. The molecule has 0 fully saturated rings. The lowest BCUT2D eigenvalue weighted by Crippen LogP contribution is -1.89. The molecule has 2 N–H and O–H groups in total. The Kier molecular flexibility index (Phi) is 1.51. The molecule has 15 heavy (non-hydrogen) atoms. The van der Waals surface area contributed by atoms with Crippen LogP contribution in [0, 0.1) is 0 Å². The second-order valence-corrected chi connectivity index (χ2v) is 3.70. The minimum absolute atomic E-state index is 0.740. The molecule has 0 spiro atoms. The number of para-hydroxylation sites is 1. The molecule has 2 aromatic heterocycles. The molecule has 3 aromatic rings. The number of hydrogen-bond donors (Lipinski definition) is 1. The van der Waals surface area contributed by atoms with E-state index in [1.807, 2.05) is 25.4 Å². The van der Waals surface area contributed by atoms with Gasteiger partial charge in [-0.1, -0.05) is 18.2 Å². The fraction of sp³-hybridized carbons (Fsp3) is 0.0833. The first kappa shape index (κ1) is 8.29. The zero-order valence-corrected chi connectivity index (χ0v) is 8.44. The van der Waals surface area contributed by atoms with Gasteiger partial charge in [0.1, 0.15) is 0 Å². The average Bonchev–Trinajstić information content (AvgIpc) is 2.55. The van der Waals surface area contributed by atoms with Crippen molar-refractivity contribution in [2.45, 2.75) is 0 Å². The molecule has 74 valence electrons. The Morgan fingerprint density at radius 3 is 2.80 bits per heavy atom.